The van der Waals surface area contributed by atoms with Crippen LogP contribution in [0.5, 0.6) is 0 Å². The molecule has 1 saturated heterocycles. The van der Waals surface area contributed by atoms with Crippen molar-refractivity contribution in [1.82, 2.24) is 15.2 Å². The van der Waals surface area contributed by atoms with Gasteiger partial charge in [-0.1, -0.05) is 6.07 Å². The minimum absolute atomic E-state index is 0.0125. The number of alkyl halides is 3. The molecule has 0 unspecified atom stereocenters. The quantitative estimate of drug-likeness (QED) is 0.478. The van der Waals surface area contributed by atoms with E-state index in [0.29, 0.717) is 12.5 Å². The first-order chi connectivity index (χ1) is 17.2. The number of rotatable bonds is 9. The fourth-order valence-corrected chi connectivity index (χ4v) is 4.83. The van der Waals surface area contributed by atoms with Crippen LogP contribution in [0.15, 0.2) is 36.4 Å². The second-order valence-corrected chi connectivity index (χ2v) is 9.56. The molecule has 36 heavy (non-hydrogen) atoms. The lowest BCUT2D eigenvalue weighted by molar-refractivity contribution is -0.139. The van der Waals surface area contributed by atoms with Crippen LogP contribution in [0, 0.1) is 5.92 Å². The molecule has 10 heteroatoms. The SMILES string of the molecule is O=C(N[C@@H](CCN1CC[C@H](CCc2ccc3c(n2)NCCC3)C1)C(=O)O)c1ccc(C(F)(F)F)cc1. The molecule has 0 bridgehead atoms. The van der Waals surface area contributed by atoms with Gasteiger partial charge in [0.1, 0.15) is 11.9 Å². The van der Waals surface area contributed by atoms with Crippen LogP contribution in [0.1, 0.15) is 52.9 Å². The number of halogens is 3. The molecule has 2 aliphatic rings. The Morgan fingerprint density at radius 3 is 2.69 bits per heavy atom. The zero-order valence-electron chi connectivity index (χ0n) is 20.0. The molecule has 7 nitrogen and oxygen atoms in total. The van der Waals surface area contributed by atoms with E-state index in [4.69, 9.17) is 4.98 Å². The van der Waals surface area contributed by atoms with Gasteiger partial charge in [0.25, 0.3) is 5.91 Å². The Labute approximate surface area is 208 Å². The predicted octanol–water partition coefficient (Wildman–Crippen LogP) is 3.99. The van der Waals surface area contributed by atoms with E-state index < -0.39 is 29.7 Å². The molecule has 1 amide bonds. The molecule has 1 aromatic heterocycles. The summed E-state index contributed by atoms with van der Waals surface area (Å²) in [5.41, 5.74) is 1.48. The number of aryl methyl sites for hydroxylation is 2. The number of carbonyl (C=O) groups is 2. The molecule has 194 valence electrons. The first-order valence-corrected chi connectivity index (χ1v) is 12.3. The standard InChI is InChI=1S/C26H31F3N4O3/c27-26(28,29)20-7-4-19(5-8-20)24(34)32-22(25(35)36)12-15-33-14-11-17(16-33)3-9-21-10-6-18-2-1-13-30-23(18)31-21/h4-8,10,17,22H,1-3,9,11-16H2,(H,30,31)(H,32,34)(H,35,36)/t17-,22-/m0/s1. The van der Waals surface area contributed by atoms with E-state index in [9.17, 15) is 27.9 Å². The van der Waals surface area contributed by atoms with Crippen molar-refractivity contribution < 1.29 is 27.9 Å². The minimum atomic E-state index is -4.50. The zero-order chi connectivity index (χ0) is 25.7. The number of nitrogens with one attached hydrogen (secondary N) is 2. The second-order valence-electron chi connectivity index (χ2n) is 9.56. The summed E-state index contributed by atoms with van der Waals surface area (Å²) in [4.78, 5) is 31.0. The number of amides is 1. The van der Waals surface area contributed by atoms with Crippen LogP contribution >= 0.6 is 0 Å². The van der Waals surface area contributed by atoms with Crippen molar-refractivity contribution in [3.05, 3.63) is 58.8 Å². The average molecular weight is 505 g/mol. The van der Waals surface area contributed by atoms with Crippen LogP contribution in [0.4, 0.5) is 19.0 Å². The zero-order valence-corrected chi connectivity index (χ0v) is 20.0. The summed E-state index contributed by atoms with van der Waals surface area (Å²) in [6.07, 6.45) is 0.845. The number of pyridine rings is 1. The fourth-order valence-electron chi connectivity index (χ4n) is 4.83. The van der Waals surface area contributed by atoms with Gasteiger partial charge in [0.05, 0.1) is 5.56 Å². The third-order valence-corrected chi connectivity index (χ3v) is 6.94. The summed E-state index contributed by atoms with van der Waals surface area (Å²) in [5.74, 6) is -0.369. The van der Waals surface area contributed by atoms with E-state index in [1.807, 2.05) is 0 Å². The normalized spacial score (nSPS) is 18.8. The third kappa shape index (κ3) is 6.75. The first-order valence-electron chi connectivity index (χ1n) is 12.3. The van der Waals surface area contributed by atoms with Crippen molar-refractivity contribution in [3.63, 3.8) is 0 Å². The second kappa shape index (κ2) is 11.3. The van der Waals surface area contributed by atoms with E-state index in [2.05, 4.69) is 27.7 Å². The molecule has 1 fully saturated rings. The van der Waals surface area contributed by atoms with Gasteiger partial charge in [0, 0.05) is 30.9 Å². The predicted molar refractivity (Wildman–Crippen MR) is 129 cm³/mol. The highest BCUT2D eigenvalue weighted by Gasteiger charge is 2.31. The van der Waals surface area contributed by atoms with Crippen molar-refractivity contribution in [2.75, 3.05) is 31.5 Å². The summed E-state index contributed by atoms with van der Waals surface area (Å²) in [6, 6.07) is 6.87. The van der Waals surface area contributed by atoms with Crippen LogP contribution in [0.2, 0.25) is 0 Å². The first kappa shape index (κ1) is 25.9. The molecule has 0 radical (unpaired) electrons. The van der Waals surface area contributed by atoms with Gasteiger partial charge >= 0.3 is 12.1 Å². The largest absolute Gasteiger partial charge is 0.480 e. The van der Waals surface area contributed by atoms with Crippen molar-refractivity contribution >= 4 is 17.7 Å². The number of fused-ring (bicyclic) bond motifs is 1. The molecule has 0 aliphatic carbocycles. The number of carbonyl (C=O) groups excluding carboxylic acids is 1. The molecule has 4 rings (SSSR count). The maximum Gasteiger partial charge on any atom is 0.416 e. The van der Waals surface area contributed by atoms with Gasteiger partial charge in [-0.05, 0) is 86.9 Å². The highest BCUT2D eigenvalue weighted by atomic mass is 19.4. The summed E-state index contributed by atoms with van der Waals surface area (Å²) in [6.45, 7) is 3.20. The van der Waals surface area contributed by atoms with E-state index in [1.54, 1.807) is 0 Å². The molecule has 2 aliphatic heterocycles. The van der Waals surface area contributed by atoms with E-state index in [0.717, 1.165) is 87.5 Å². The van der Waals surface area contributed by atoms with Crippen molar-refractivity contribution in [1.29, 1.82) is 0 Å². The Bertz CT molecular complexity index is 1080. The molecule has 2 aromatic rings. The topological polar surface area (TPSA) is 94.6 Å². The Kier molecular flexibility index (Phi) is 8.13. The van der Waals surface area contributed by atoms with Gasteiger partial charge in [-0.15, -0.1) is 0 Å². The van der Waals surface area contributed by atoms with Gasteiger partial charge in [0.15, 0.2) is 0 Å². The average Bonchev–Trinajstić information content (AvgIpc) is 3.32. The lowest BCUT2D eigenvalue weighted by Gasteiger charge is -2.20. The van der Waals surface area contributed by atoms with Gasteiger partial charge in [0.2, 0.25) is 0 Å². The van der Waals surface area contributed by atoms with Crippen LogP contribution in [0.25, 0.3) is 0 Å². The lowest BCUT2D eigenvalue weighted by atomic mass is 10.00. The summed E-state index contributed by atoms with van der Waals surface area (Å²) < 4.78 is 38.2. The highest BCUT2D eigenvalue weighted by Crippen LogP contribution is 2.29. The molecule has 0 spiro atoms. The number of carboxylic acids is 1. The van der Waals surface area contributed by atoms with Crippen molar-refractivity contribution in [3.8, 4) is 0 Å². The number of likely N-dealkylation sites (tertiary alicyclic amines) is 1. The summed E-state index contributed by atoms with van der Waals surface area (Å²) >= 11 is 0. The summed E-state index contributed by atoms with van der Waals surface area (Å²) in [7, 11) is 0. The molecule has 1 aromatic carbocycles. The Morgan fingerprint density at radius 2 is 1.97 bits per heavy atom. The van der Waals surface area contributed by atoms with Crippen molar-refractivity contribution in [2.24, 2.45) is 5.92 Å². The maximum atomic E-state index is 12.7. The number of nitrogens with zero attached hydrogens (tertiary/aromatic N) is 2. The monoisotopic (exact) mass is 504 g/mol. The Morgan fingerprint density at radius 1 is 1.19 bits per heavy atom. The van der Waals surface area contributed by atoms with Crippen LogP contribution in [-0.2, 0) is 23.8 Å². The van der Waals surface area contributed by atoms with Crippen LogP contribution < -0.4 is 10.6 Å². The highest BCUT2D eigenvalue weighted by molar-refractivity contribution is 5.96. The molecular weight excluding hydrogens is 473 g/mol. The number of carboxylic acid groups (broad SMARTS) is 1. The van der Waals surface area contributed by atoms with E-state index >= 15 is 0 Å². The van der Waals surface area contributed by atoms with Gasteiger partial charge < -0.3 is 20.6 Å². The van der Waals surface area contributed by atoms with E-state index in [1.165, 1.54) is 5.56 Å². The molecule has 3 N–H and O–H groups in total. The van der Waals surface area contributed by atoms with Gasteiger partial charge in [-0.2, -0.15) is 13.2 Å². The number of hydrogen-bond acceptors (Lipinski definition) is 5. The maximum absolute atomic E-state index is 12.7. The van der Waals surface area contributed by atoms with E-state index in [-0.39, 0.29) is 12.0 Å². The molecule has 3 heterocycles. The molecule has 2 atom stereocenters. The van der Waals surface area contributed by atoms with Crippen LogP contribution in [0.3, 0.4) is 0 Å². The third-order valence-electron chi connectivity index (χ3n) is 6.94. The molecule has 0 saturated carbocycles. The van der Waals surface area contributed by atoms with Crippen LogP contribution in [-0.4, -0.2) is 59.1 Å². The number of hydrogen-bond donors (Lipinski definition) is 3. The smallest absolute Gasteiger partial charge is 0.416 e. The number of anilines is 1. The Hall–Kier alpha value is -3.14. The lowest BCUT2D eigenvalue weighted by Crippen LogP contribution is -2.43. The summed E-state index contributed by atoms with van der Waals surface area (Å²) in [5, 5.41) is 15.3. The number of aliphatic carboxylic acids is 1. The van der Waals surface area contributed by atoms with Gasteiger partial charge in [-0.3, -0.25) is 4.79 Å². The van der Waals surface area contributed by atoms with Gasteiger partial charge in [-0.25, -0.2) is 9.78 Å². The number of aromatic nitrogens is 1. The fraction of sp³-hybridized carbons (Fsp3) is 0.500. The minimum Gasteiger partial charge on any atom is -0.480 e. The van der Waals surface area contributed by atoms with Crippen molar-refractivity contribution in [2.45, 2.75) is 50.7 Å². The number of benzene rings is 1. The Balaban J connectivity index is 1.23. The molecular formula is C26H31F3N4O3.